The standard InChI is InChI=1S/C22H20N2O4/c1-17-8-7-11-19(14-17)23(15-18-9-3-2-4-10-18)21(25)16-28-22(26)20-12-5-6-13-24(20)27/h2-14H,15-16H2,1H3. The maximum Gasteiger partial charge on any atom is 0.405 e. The van der Waals surface area contributed by atoms with Crippen molar-refractivity contribution >= 4 is 17.6 Å². The van der Waals surface area contributed by atoms with Crippen molar-refractivity contribution in [3.8, 4) is 0 Å². The zero-order chi connectivity index (χ0) is 19.9. The summed E-state index contributed by atoms with van der Waals surface area (Å²) in [4.78, 5) is 26.5. The molecule has 0 saturated carbocycles. The molecule has 3 aromatic rings. The quantitative estimate of drug-likeness (QED) is 0.377. The molecule has 1 aromatic heterocycles. The van der Waals surface area contributed by atoms with Gasteiger partial charge in [0.1, 0.15) is 0 Å². The first-order valence-electron chi connectivity index (χ1n) is 8.81. The maximum absolute atomic E-state index is 12.8. The van der Waals surface area contributed by atoms with E-state index in [9.17, 15) is 14.8 Å². The van der Waals surface area contributed by atoms with Crippen LogP contribution in [0.25, 0.3) is 0 Å². The number of anilines is 1. The smallest absolute Gasteiger partial charge is 0.405 e. The lowest BCUT2D eigenvalue weighted by molar-refractivity contribution is -0.608. The lowest BCUT2D eigenvalue weighted by atomic mass is 10.1. The van der Waals surface area contributed by atoms with Crippen LogP contribution in [-0.2, 0) is 16.1 Å². The van der Waals surface area contributed by atoms with Crippen LogP contribution < -0.4 is 9.63 Å². The summed E-state index contributed by atoms with van der Waals surface area (Å²) >= 11 is 0. The van der Waals surface area contributed by atoms with E-state index in [1.807, 2.05) is 61.5 Å². The molecule has 0 bridgehead atoms. The minimum atomic E-state index is -0.840. The molecule has 1 heterocycles. The molecule has 0 fully saturated rings. The fourth-order valence-corrected chi connectivity index (χ4v) is 2.75. The number of aromatic nitrogens is 1. The molecule has 2 aromatic carbocycles. The molecule has 0 atom stereocenters. The first-order chi connectivity index (χ1) is 13.5. The molecule has 6 heteroatoms. The summed E-state index contributed by atoms with van der Waals surface area (Å²) in [7, 11) is 0. The van der Waals surface area contributed by atoms with Gasteiger partial charge in [-0.2, -0.15) is 4.73 Å². The Balaban J connectivity index is 1.76. The van der Waals surface area contributed by atoms with Crippen molar-refractivity contribution in [3.05, 3.63) is 101 Å². The minimum Gasteiger partial charge on any atom is -0.618 e. The van der Waals surface area contributed by atoms with Crippen molar-refractivity contribution in [2.45, 2.75) is 13.5 Å². The fourth-order valence-electron chi connectivity index (χ4n) is 2.75. The van der Waals surface area contributed by atoms with Crippen LogP contribution in [0.5, 0.6) is 0 Å². The molecule has 0 aliphatic carbocycles. The number of nitrogens with zero attached hydrogens (tertiary/aromatic N) is 2. The third-order valence-electron chi connectivity index (χ3n) is 4.16. The van der Waals surface area contributed by atoms with Gasteiger partial charge in [0.05, 0.1) is 6.54 Å². The van der Waals surface area contributed by atoms with E-state index in [0.29, 0.717) is 17.0 Å². The number of carbonyl (C=O) groups excluding carboxylic acids is 2. The lowest BCUT2D eigenvalue weighted by Gasteiger charge is -2.23. The topological polar surface area (TPSA) is 73.5 Å². The van der Waals surface area contributed by atoms with Gasteiger partial charge in [-0.25, -0.2) is 4.79 Å². The average molecular weight is 376 g/mol. The Morgan fingerprint density at radius 1 is 1.00 bits per heavy atom. The molecule has 28 heavy (non-hydrogen) atoms. The molecule has 0 N–H and O–H groups in total. The van der Waals surface area contributed by atoms with E-state index in [-0.39, 0.29) is 11.6 Å². The summed E-state index contributed by atoms with van der Waals surface area (Å²) in [5.74, 6) is -1.22. The predicted octanol–water partition coefficient (Wildman–Crippen LogP) is 3.02. The Morgan fingerprint density at radius 2 is 1.75 bits per heavy atom. The van der Waals surface area contributed by atoms with E-state index in [1.165, 1.54) is 18.3 Å². The van der Waals surface area contributed by atoms with E-state index in [0.717, 1.165) is 11.1 Å². The van der Waals surface area contributed by atoms with Crippen molar-refractivity contribution in [1.29, 1.82) is 0 Å². The van der Waals surface area contributed by atoms with Gasteiger partial charge >= 0.3 is 11.7 Å². The lowest BCUT2D eigenvalue weighted by Crippen LogP contribution is -2.37. The van der Waals surface area contributed by atoms with E-state index < -0.39 is 12.6 Å². The van der Waals surface area contributed by atoms with Gasteiger partial charge in [-0.3, -0.25) is 4.79 Å². The number of aryl methyl sites for hydroxylation is 1. The molecular weight excluding hydrogens is 356 g/mol. The molecule has 0 aliphatic heterocycles. The zero-order valence-corrected chi connectivity index (χ0v) is 15.4. The summed E-state index contributed by atoms with van der Waals surface area (Å²) in [6.07, 6.45) is 1.20. The van der Waals surface area contributed by atoms with Crippen LogP contribution in [0.3, 0.4) is 0 Å². The van der Waals surface area contributed by atoms with Crippen molar-refractivity contribution in [3.63, 3.8) is 0 Å². The zero-order valence-electron chi connectivity index (χ0n) is 15.4. The van der Waals surface area contributed by atoms with Gasteiger partial charge in [-0.15, -0.1) is 0 Å². The van der Waals surface area contributed by atoms with Crippen LogP contribution in [0, 0.1) is 12.1 Å². The highest BCUT2D eigenvalue weighted by Crippen LogP contribution is 2.19. The Labute approximate surface area is 163 Å². The normalized spacial score (nSPS) is 10.3. The van der Waals surface area contributed by atoms with Gasteiger partial charge < -0.3 is 14.8 Å². The molecule has 0 radical (unpaired) electrons. The first kappa shape index (κ1) is 19.1. The van der Waals surface area contributed by atoms with Crippen LogP contribution in [0.1, 0.15) is 21.6 Å². The second-order valence-corrected chi connectivity index (χ2v) is 6.29. The van der Waals surface area contributed by atoms with Gasteiger partial charge in [-0.1, -0.05) is 42.5 Å². The van der Waals surface area contributed by atoms with Crippen LogP contribution >= 0.6 is 0 Å². The summed E-state index contributed by atoms with van der Waals surface area (Å²) < 4.78 is 5.50. The molecular formula is C22H20N2O4. The summed E-state index contributed by atoms with van der Waals surface area (Å²) in [5.41, 5.74) is 2.50. The average Bonchev–Trinajstić information content (AvgIpc) is 2.71. The number of rotatable bonds is 6. The highest BCUT2D eigenvalue weighted by Gasteiger charge is 2.22. The first-order valence-corrected chi connectivity index (χ1v) is 8.81. The van der Waals surface area contributed by atoms with Gasteiger partial charge in [0.15, 0.2) is 12.8 Å². The van der Waals surface area contributed by atoms with Crippen LogP contribution in [0.15, 0.2) is 79.0 Å². The van der Waals surface area contributed by atoms with E-state index in [1.54, 1.807) is 11.0 Å². The molecule has 3 rings (SSSR count). The molecule has 0 unspecified atom stereocenters. The van der Waals surface area contributed by atoms with Gasteiger partial charge in [0, 0.05) is 17.8 Å². The molecule has 0 aliphatic rings. The maximum atomic E-state index is 12.8. The van der Waals surface area contributed by atoms with E-state index >= 15 is 0 Å². The summed E-state index contributed by atoms with van der Waals surface area (Å²) in [6.45, 7) is 1.82. The number of hydrogen-bond acceptors (Lipinski definition) is 4. The number of hydrogen-bond donors (Lipinski definition) is 0. The van der Waals surface area contributed by atoms with Crippen LogP contribution in [0.2, 0.25) is 0 Å². The number of carbonyl (C=O) groups is 2. The SMILES string of the molecule is Cc1cccc(N(Cc2ccccc2)C(=O)COC(=O)c2cccc[n+]2[O-])c1. The van der Waals surface area contributed by atoms with Crippen molar-refractivity contribution in [2.75, 3.05) is 11.5 Å². The van der Waals surface area contributed by atoms with Gasteiger partial charge in [0.25, 0.3) is 5.91 Å². The molecule has 1 amide bonds. The van der Waals surface area contributed by atoms with E-state index in [4.69, 9.17) is 4.74 Å². The highest BCUT2D eigenvalue weighted by atomic mass is 16.5. The highest BCUT2D eigenvalue weighted by molar-refractivity contribution is 5.96. The Morgan fingerprint density at radius 3 is 2.46 bits per heavy atom. The largest absolute Gasteiger partial charge is 0.618 e. The Bertz CT molecular complexity index is 973. The minimum absolute atomic E-state index is 0.166. The predicted molar refractivity (Wildman–Crippen MR) is 104 cm³/mol. The number of amides is 1. The number of esters is 1. The van der Waals surface area contributed by atoms with E-state index in [2.05, 4.69) is 0 Å². The third-order valence-corrected chi connectivity index (χ3v) is 4.16. The van der Waals surface area contributed by atoms with Crippen molar-refractivity contribution in [2.24, 2.45) is 0 Å². The fraction of sp³-hybridized carbons (Fsp3) is 0.136. The van der Waals surface area contributed by atoms with Gasteiger partial charge in [-0.05, 0) is 36.2 Å². The second-order valence-electron chi connectivity index (χ2n) is 6.29. The molecule has 6 nitrogen and oxygen atoms in total. The molecule has 142 valence electrons. The number of pyridine rings is 1. The number of benzene rings is 2. The van der Waals surface area contributed by atoms with Crippen LogP contribution in [-0.4, -0.2) is 18.5 Å². The molecule has 0 saturated heterocycles. The second kappa shape index (κ2) is 8.81. The number of ether oxygens (including phenoxy) is 1. The van der Waals surface area contributed by atoms with Crippen LogP contribution in [0.4, 0.5) is 5.69 Å². The third kappa shape index (κ3) is 4.73. The van der Waals surface area contributed by atoms with Gasteiger partial charge in [0.2, 0.25) is 0 Å². The van der Waals surface area contributed by atoms with Crippen molar-refractivity contribution in [1.82, 2.24) is 0 Å². The molecule has 0 spiro atoms. The summed E-state index contributed by atoms with van der Waals surface area (Å²) in [5, 5.41) is 11.7. The van der Waals surface area contributed by atoms with Crippen molar-refractivity contribution < 1.29 is 19.1 Å². The Kier molecular flexibility index (Phi) is 6.01. The monoisotopic (exact) mass is 376 g/mol. The Hall–Kier alpha value is -3.67. The summed E-state index contributed by atoms with van der Waals surface area (Å²) in [6, 6.07) is 21.5.